The molecule has 0 aromatic carbocycles. The maximum atomic E-state index is 4.13. The molecule has 2 nitrogen and oxygen atoms in total. The largest absolute Gasteiger partial charge is 0.177 e. The zero-order chi connectivity index (χ0) is 7.56. The van der Waals surface area contributed by atoms with Crippen LogP contribution in [0.15, 0.2) is 6.58 Å². The SMILES string of the molecule is C=C(C)c1nsnc1CC. The van der Waals surface area contributed by atoms with Gasteiger partial charge in [0.2, 0.25) is 0 Å². The number of aromatic nitrogens is 2. The molecule has 3 heteroatoms. The highest BCUT2D eigenvalue weighted by molar-refractivity contribution is 6.99. The minimum absolute atomic E-state index is 0.943. The minimum Gasteiger partial charge on any atom is -0.177 e. The molecule has 0 atom stereocenters. The average Bonchev–Trinajstić information content (AvgIpc) is 2.33. The molecule has 0 bridgehead atoms. The highest BCUT2D eigenvalue weighted by atomic mass is 32.1. The molecule has 0 radical (unpaired) electrons. The van der Waals surface area contributed by atoms with Crippen molar-refractivity contribution in [1.82, 2.24) is 8.75 Å². The monoisotopic (exact) mass is 154 g/mol. The van der Waals surface area contributed by atoms with E-state index in [1.165, 1.54) is 11.7 Å². The Morgan fingerprint density at radius 2 is 2.30 bits per heavy atom. The van der Waals surface area contributed by atoms with Crippen molar-refractivity contribution in [3.63, 3.8) is 0 Å². The minimum atomic E-state index is 0.943. The van der Waals surface area contributed by atoms with Crippen LogP contribution in [0, 0.1) is 0 Å². The first kappa shape index (κ1) is 7.41. The molecular formula is C7H10N2S. The van der Waals surface area contributed by atoms with Gasteiger partial charge in [-0.3, -0.25) is 0 Å². The van der Waals surface area contributed by atoms with Gasteiger partial charge in [0.15, 0.2) is 0 Å². The first-order chi connectivity index (χ1) is 4.75. The smallest absolute Gasteiger partial charge is 0.102 e. The van der Waals surface area contributed by atoms with Crippen LogP contribution in [0.3, 0.4) is 0 Å². The number of rotatable bonds is 2. The van der Waals surface area contributed by atoms with Crippen LogP contribution in [0.1, 0.15) is 25.2 Å². The molecule has 0 aliphatic carbocycles. The molecule has 1 aromatic heterocycles. The average molecular weight is 154 g/mol. The van der Waals surface area contributed by atoms with E-state index in [0.29, 0.717) is 0 Å². The molecule has 0 fully saturated rings. The molecule has 0 saturated heterocycles. The van der Waals surface area contributed by atoms with E-state index in [0.717, 1.165) is 23.4 Å². The fourth-order valence-corrected chi connectivity index (χ4v) is 1.46. The maximum Gasteiger partial charge on any atom is 0.102 e. The molecule has 0 unspecified atom stereocenters. The van der Waals surface area contributed by atoms with Gasteiger partial charge in [-0.1, -0.05) is 13.5 Å². The lowest BCUT2D eigenvalue weighted by molar-refractivity contribution is 1.07. The van der Waals surface area contributed by atoms with Crippen LogP contribution < -0.4 is 0 Å². The third-order valence-electron chi connectivity index (χ3n) is 1.30. The summed E-state index contributed by atoms with van der Waals surface area (Å²) < 4.78 is 8.24. The number of hydrogen-bond donors (Lipinski definition) is 0. The van der Waals surface area contributed by atoms with Gasteiger partial charge in [-0.25, -0.2) is 0 Å². The summed E-state index contributed by atoms with van der Waals surface area (Å²) in [7, 11) is 0. The Morgan fingerprint density at radius 3 is 2.70 bits per heavy atom. The van der Waals surface area contributed by atoms with E-state index in [2.05, 4.69) is 22.2 Å². The van der Waals surface area contributed by atoms with Crippen molar-refractivity contribution in [1.29, 1.82) is 0 Å². The van der Waals surface area contributed by atoms with E-state index < -0.39 is 0 Å². The predicted molar refractivity (Wildman–Crippen MR) is 44.0 cm³/mol. The van der Waals surface area contributed by atoms with E-state index in [1.54, 1.807) is 0 Å². The van der Waals surface area contributed by atoms with Gasteiger partial charge in [0.25, 0.3) is 0 Å². The molecule has 1 heterocycles. The van der Waals surface area contributed by atoms with E-state index in [9.17, 15) is 0 Å². The fraction of sp³-hybridized carbons (Fsp3) is 0.429. The molecular weight excluding hydrogens is 144 g/mol. The first-order valence-electron chi connectivity index (χ1n) is 3.23. The Kier molecular flexibility index (Phi) is 2.17. The number of hydrogen-bond acceptors (Lipinski definition) is 3. The van der Waals surface area contributed by atoms with Crippen molar-refractivity contribution in [2.24, 2.45) is 0 Å². The summed E-state index contributed by atoms with van der Waals surface area (Å²) in [6.07, 6.45) is 0.943. The van der Waals surface area contributed by atoms with Crippen molar-refractivity contribution in [2.45, 2.75) is 20.3 Å². The van der Waals surface area contributed by atoms with Gasteiger partial charge in [0.1, 0.15) is 5.69 Å². The quantitative estimate of drug-likeness (QED) is 0.652. The topological polar surface area (TPSA) is 25.8 Å². The second-order valence-corrected chi connectivity index (χ2v) is 2.72. The van der Waals surface area contributed by atoms with Crippen LogP contribution >= 0.6 is 11.7 Å². The second-order valence-electron chi connectivity index (χ2n) is 2.19. The molecule has 0 saturated carbocycles. The van der Waals surface area contributed by atoms with Crippen molar-refractivity contribution in [3.8, 4) is 0 Å². The Hall–Kier alpha value is -0.700. The number of nitrogens with zero attached hydrogens (tertiary/aromatic N) is 2. The molecule has 10 heavy (non-hydrogen) atoms. The van der Waals surface area contributed by atoms with Gasteiger partial charge in [-0.2, -0.15) is 8.75 Å². The lowest BCUT2D eigenvalue weighted by Gasteiger charge is -1.93. The second kappa shape index (κ2) is 2.92. The molecule has 1 aromatic rings. The predicted octanol–water partition coefficient (Wildman–Crippen LogP) is 2.13. The van der Waals surface area contributed by atoms with E-state index in [1.807, 2.05) is 6.92 Å². The third kappa shape index (κ3) is 1.24. The van der Waals surface area contributed by atoms with E-state index in [4.69, 9.17) is 0 Å². The fourth-order valence-electron chi connectivity index (χ4n) is 0.763. The summed E-state index contributed by atoms with van der Waals surface area (Å²) in [4.78, 5) is 0. The van der Waals surface area contributed by atoms with Crippen LogP contribution in [0.4, 0.5) is 0 Å². The summed E-state index contributed by atoms with van der Waals surface area (Å²) >= 11 is 1.26. The zero-order valence-corrected chi connectivity index (χ0v) is 7.03. The molecule has 54 valence electrons. The molecule has 0 aliphatic rings. The molecule has 1 rings (SSSR count). The van der Waals surface area contributed by atoms with Crippen LogP contribution in [0.2, 0.25) is 0 Å². The Bertz CT molecular complexity index is 240. The van der Waals surface area contributed by atoms with Gasteiger partial charge in [-0.05, 0) is 18.9 Å². The first-order valence-corrected chi connectivity index (χ1v) is 3.96. The van der Waals surface area contributed by atoms with Crippen molar-refractivity contribution < 1.29 is 0 Å². The van der Waals surface area contributed by atoms with Crippen LogP contribution in [-0.4, -0.2) is 8.75 Å². The van der Waals surface area contributed by atoms with Crippen LogP contribution in [0.25, 0.3) is 5.57 Å². The normalized spacial score (nSPS) is 9.80. The highest BCUT2D eigenvalue weighted by Crippen LogP contribution is 2.14. The van der Waals surface area contributed by atoms with Crippen molar-refractivity contribution >= 4 is 17.3 Å². The standard InChI is InChI=1S/C7H10N2S/c1-4-6-7(5(2)3)9-10-8-6/h2,4H2,1,3H3. The molecule has 0 spiro atoms. The summed E-state index contributed by atoms with van der Waals surface area (Å²) in [5.74, 6) is 0. The van der Waals surface area contributed by atoms with Gasteiger partial charge in [0, 0.05) is 0 Å². The van der Waals surface area contributed by atoms with Crippen molar-refractivity contribution in [2.75, 3.05) is 0 Å². The number of allylic oxidation sites excluding steroid dienone is 1. The van der Waals surface area contributed by atoms with Gasteiger partial charge < -0.3 is 0 Å². The van der Waals surface area contributed by atoms with Crippen LogP contribution in [0.5, 0.6) is 0 Å². The molecule has 0 aliphatic heterocycles. The Labute approximate surface area is 64.9 Å². The van der Waals surface area contributed by atoms with Gasteiger partial charge in [0.05, 0.1) is 17.4 Å². The van der Waals surface area contributed by atoms with E-state index >= 15 is 0 Å². The number of aryl methyl sites for hydroxylation is 1. The van der Waals surface area contributed by atoms with E-state index in [-0.39, 0.29) is 0 Å². The molecule has 0 amide bonds. The van der Waals surface area contributed by atoms with Gasteiger partial charge >= 0.3 is 0 Å². The Balaban J connectivity index is 3.01. The van der Waals surface area contributed by atoms with Crippen LogP contribution in [-0.2, 0) is 6.42 Å². The van der Waals surface area contributed by atoms with Gasteiger partial charge in [-0.15, -0.1) is 0 Å². The third-order valence-corrected chi connectivity index (χ3v) is 1.86. The summed E-state index contributed by atoms with van der Waals surface area (Å²) in [6.45, 7) is 7.84. The molecule has 0 N–H and O–H groups in total. The van der Waals surface area contributed by atoms with Crippen molar-refractivity contribution in [3.05, 3.63) is 18.0 Å². The summed E-state index contributed by atoms with van der Waals surface area (Å²) in [5.41, 5.74) is 3.05. The zero-order valence-electron chi connectivity index (χ0n) is 6.22. The summed E-state index contributed by atoms with van der Waals surface area (Å²) in [5, 5.41) is 0. The Morgan fingerprint density at radius 1 is 1.60 bits per heavy atom. The lowest BCUT2D eigenvalue weighted by atomic mass is 10.2. The summed E-state index contributed by atoms with van der Waals surface area (Å²) in [6, 6.07) is 0. The maximum absolute atomic E-state index is 4.13. The lowest BCUT2D eigenvalue weighted by Crippen LogP contribution is -1.86. The highest BCUT2D eigenvalue weighted by Gasteiger charge is 2.04.